The number of hydrogen-bond acceptors (Lipinski definition) is 3. The van der Waals surface area contributed by atoms with Gasteiger partial charge in [-0.25, -0.2) is 4.79 Å². The lowest BCUT2D eigenvalue weighted by molar-refractivity contribution is -0.138. The van der Waals surface area contributed by atoms with Crippen LogP contribution in [-0.2, 0) is 11.3 Å². The van der Waals surface area contributed by atoms with Crippen molar-refractivity contribution in [3.8, 4) is 5.75 Å². The fraction of sp³-hybridized carbons (Fsp3) is 0.619. The van der Waals surface area contributed by atoms with Crippen LogP contribution in [-0.4, -0.2) is 41.4 Å². The number of amides is 3. The molecule has 5 heteroatoms. The van der Waals surface area contributed by atoms with E-state index in [0.717, 1.165) is 23.7 Å². The van der Waals surface area contributed by atoms with Crippen molar-refractivity contribution in [3.05, 3.63) is 29.8 Å². The number of nitrogens with zero attached hydrogens (tertiary/aromatic N) is 2. The fourth-order valence-electron chi connectivity index (χ4n) is 5.41. The quantitative estimate of drug-likeness (QED) is 0.774. The van der Waals surface area contributed by atoms with Gasteiger partial charge in [-0.3, -0.25) is 9.69 Å². The molecular formula is C21H28N2O3. The van der Waals surface area contributed by atoms with E-state index in [4.69, 9.17) is 4.74 Å². The van der Waals surface area contributed by atoms with Gasteiger partial charge in [-0.05, 0) is 61.6 Å². The van der Waals surface area contributed by atoms with Crippen LogP contribution in [0, 0.1) is 17.8 Å². The first kappa shape index (κ1) is 17.4. The molecule has 5 nitrogen and oxygen atoms in total. The fourth-order valence-corrected chi connectivity index (χ4v) is 5.41. The van der Waals surface area contributed by atoms with Crippen LogP contribution < -0.4 is 4.74 Å². The number of benzene rings is 1. The highest BCUT2D eigenvalue weighted by Crippen LogP contribution is 2.52. The summed E-state index contributed by atoms with van der Waals surface area (Å²) in [5.74, 6) is 2.34. The molecule has 0 N–H and O–H groups in total. The van der Waals surface area contributed by atoms with E-state index in [9.17, 15) is 9.59 Å². The number of urea groups is 1. The molecule has 2 unspecified atom stereocenters. The van der Waals surface area contributed by atoms with Crippen molar-refractivity contribution in [1.29, 1.82) is 0 Å². The van der Waals surface area contributed by atoms with Gasteiger partial charge in [0.05, 0.1) is 13.7 Å². The molecule has 1 heterocycles. The maximum atomic E-state index is 13.4. The average molecular weight is 356 g/mol. The highest BCUT2D eigenvalue weighted by molar-refractivity contribution is 6.06. The van der Waals surface area contributed by atoms with Crippen molar-refractivity contribution < 1.29 is 14.3 Å². The Bertz CT molecular complexity index is 708. The minimum atomic E-state index is -0.701. The van der Waals surface area contributed by atoms with Crippen LogP contribution in [0.25, 0.3) is 0 Å². The number of rotatable bonds is 4. The van der Waals surface area contributed by atoms with Crippen molar-refractivity contribution in [3.63, 3.8) is 0 Å². The predicted octanol–water partition coefficient (Wildman–Crippen LogP) is 3.67. The van der Waals surface area contributed by atoms with Gasteiger partial charge in [0.1, 0.15) is 11.3 Å². The first-order valence-electron chi connectivity index (χ1n) is 9.67. The molecular weight excluding hydrogens is 328 g/mol. The number of ether oxygens (including phenoxy) is 1. The molecule has 2 bridgehead atoms. The lowest BCUT2D eigenvalue weighted by Crippen LogP contribution is -2.56. The number of carbonyl (C=O) groups is 2. The summed E-state index contributed by atoms with van der Waals surface area (Å²) in [6.07, 6.45) is 6.08. The van der Waals surface area contributed by atoms with Crippen LogP contribution in [0.1, 0.15) is 44.6 Å². The van der Waals surface area contributed by atoms with Crippen LogP contribution in [0.4, 0.5) is 4.79 Å². The summed E-state index contributed by atoms with van der Waals surface area (Å²) in [7, 11) is 3.43. The summed E-state index contributed by atoms with van der Waals surface area (Å²) >= 11 is 0. The molecule has 1 aliphatic heterocycles. The molecule has 0 spiro atoms. The molecule has 5 rings (SSSR count). The normalized spacial score (nSPS) is 33.9. The first-order chi connectivity index (χ1) is 12.4. The van der Waals surface area contributed by atoms with Gasteiger partial charge in [-0.1, -0.05) is 25.0 Å². The summed E-state index contributed by atoms with van der Waals surface area (Å²) in [5.41, 5.74) is 0.239. The van der Waals surface area contributed by atoms with Crippen LogP contribution in [0.15, 0.2) is 24.3 Å². The zero-order valence-corrected chi connectivity index (χ0v) is 15.9. The van der Waals surface area contributed by atoms with Crippen molar-refractivity contribution in [2.24, 2.45) is 17.8 Å². The van der Waals surface area contributed by atoms with E-state index in [1.54, 1.807) is 19.1 Å². The third-order valence-corrected chi connectivity index (χ3v) is 7.16. The van der Waals surface area contributed by atoms with Crippen LogP contribution in [0.2, 0.25) is 0 Å². The Labute approximate surface area is 155 Å². The maximum absolute atomic E-state index is 13.4. The zero-order chi connectivity index (χ0) is 18.5. The van der Waals surface area contributed by atoms with Gasteiger partial charge in [0.2, 0.25) is 0 Å². The molecule has 3 saturated carbocycles. The van der Waals surface area contributed by atoms with Crippen LogP contribution in [0.5, 0.6) is 5.75 Å². The Hall–Kier alpha value is -2.04. The SMILES string of the molecule is COc1ccc(CN2C(=O)N(C)C(C)(C3CC4CCC3CC4)C2=O)cc1. The standard InChI is InChI=1S/C21H28N2O3/c1-21(18-12-14-4-8-16(18)9-5-14)19(24)23(20(25)22(21)2)13-15-6-10-17(26-3)11-7-15/h6-7,10-11,14,16,18H,4-5,8-9,12-13H2,1-3H3. The Balaban J connectivity index is 1.58. The highest BCUT2D eigenvalue weighted by Gasteiger charge is 2.59. The van der Waals surface area contributed by atoms with Crippen molar-refractivity contribution in [2.75, 3.05) is 14.2 Å². The van der Waals surface area contributed by atoms with Gasteiger partial charge >= 0.3 is 6.03 Å². The number of methoxy groups -OCH3 is 1. The molecule has 3 aliphatic carbocycles. The van der Waals surface area contributed by atoms with E-state index in [1.807, 2.05) is 31.2 Å². The lowest BCUT2D eigenvalue weighted by atomic mass is 9.59. The second-order valence-electron chi connectivity index (χ2n) is 8.35. The van der Waals surface area contributed by atoms with Crippen molar-refractivity contribution in [1.82, 2.24) is 9.80 Å². The van der Waals surface area contributed by atoms with E-state index >= 15 is 0 Å². The molecule has 1 saturated heterocycles. The predicted molar refractivity (Wildman–Crippen MR) is 98.7 cm³/mol. The number of likely N-dealkylation sites (N-methyl/N-ethyl adjacent to an activating group) is 1. The Morgan fingerprint density at radius 3 is 2.31 bits per heavy atom. The Kier molecular flexibility index (Phi) is 4.20. The third kappa shape index (κ3) is 2.51. The van der Waals surface area contributed by atoms with Crippen LogP contribution >= 0.6 is 0 Å². The van der Waals surface area contributed by atoms with Gasteiger partial charge in [-0.15, -0.1) is 0 Å². The summed E-state index contributed by atoms with van der Waals surface area (Å²) in [6.45, 7) is 2.31. The summed E-state index contributed by atoms with van der Waals surface area (Å²) < 4.78 is 5.18. The van der Waals surface area contributed by atoms with E-state index in [0.29, 0.717) is 12.5 Å². The van der Waals surface area contributed by atoms with Gasteiger partial charge in [0, 0.05) is 7.05 Å². The van der Waals surface area contributed by atoms with Gasteiger partial charge in [0.25, 0.3) is 5.91 Å². The molecule has 1 aromatic rings. The largest absolute Gasteiger partial charge is 0.497 e. The Morgan fingerprint density at radius 2 is 1.77 bits per heavy atom. The number of fused-ring (bicyclic) bond motifs is 3. The second-order valence-corrected chi connectivity index (χ2v) is 8.35. The molecule has 0 aromatic heterocycles. The number of hydrogen-bond donors (Lipinski definition) is 0. The van der Waals surface area contributed by atoms with Gasteiger partial charge in [0.15, 0.2) is 0 Å². The van der Waals surface area contributed by atoms with Gasteiger partial charge in [-0.2, -0.15) is 0 Å². The average Bonchev–Trinajstić information content (AvgIpc) is 2.85. The molecule has 140 valence electrons. The molecule has 4 fully saturated rings. The number of imide groups is 1. The van der Waals surface area contributed by atoms with Crippen molar-refractivity contribution in [2.45, 2.75) is 51.1 Å². The van der Waals surface area contributed by atoms with Crippen molar-refractivity contribution >= 4 is 11.9 Å². The summed E-state index contributed by atoms with van der Waals surface area (Å²) in [6, 6.07) is 7.39. The maximum Gasteiger partial charge on any atom is 0.327 e. The molecule has 4 aliphatic rings. The second kappa shape index (κ2) is 6.29. The molecule has 0 radical (unpaired) electrons. The highest BCUT2D eigenvalue weighted by atomic mass is 16.5. The lowest BCUT2D eigenvalue weighted by Gasteiger charge is -2.49. The van der Waals surface area contributed by atoms with E-state index in [-0.39, 0.29) is 17.9 Å². The number of carbonyl (C=O) groups excluding carboxylic acids is 2. The minimum Gasteiger partial charge on any atom is -0.497 e. The first-order valence-corrected chi connectivity index (χ1v) is 9.67. The topological polar surface area (TPSA) is 49.9 Å². The Morgan fingerprint density at radius 1 is 1.12 bits per heavy atom. The van der Waals surface area contributed by atoms with E-state index < -0.39 is 5.54 Å². The van der Waals surface area contributed by atoms with Gasteiger partial charge < -0.3 is 9.64 Å². The third-order valence-electron chi connectivity index (χ3n) is 7.16. The summed E-state index contributed by atoms with van der Waals surface area (Å²) in [4.78, 5) is 29.5. The molecule has 26 heavy (non-hydrogen) atoms. The molecule has 3 amide bonds. The molecule has 2 atom stereocenters. The van der Waals surface area contributed by atoms with Crippen LogP contribution in [0.3, 0.4) is 0 Å². The smallest absolute Gasteiger partial charge is 0.327 e. The monoisotopic (exact) mass is 356 g/mol. The van der Waals surface area contributed by atoms with E-state index in [2.05, 4.69) is 0 Å². The summed E-state index contributed by atoms with van der Waals surface area (Å²) in [5, 5.41) is 0. The minimum absolute atomic E-state index is 0.0293. The zero-order valence-electron chi connectivity index (χ0n) is 15.9. The van der Waals surface area contributed by atoms with E-state index in [1.165, 1.54) is 30.6 Å². The molecule has 1 aromatic carbocycles.